The van der Waals surface area contributed by atoms with Gasteiger partial charge in [0, 0.05) is 19.0 Å². The molecule has 1 aromatic heterocycles. The van der Waals surface area contributed by atoms with Crippen molar-refractivity contribution >= 4 is 29.3 Å². The summed E-state index contributed by atoms with van der Waals surface area (Å²) >= 11 is 5.47. The first-order valence-electron chi connectivity index (χ1n) is 9.40. The van der Waals surface area contributed by atoms with Gasteiger partial charge in [0.1, 0.15) is 17.0 Å². The summed E-state index contributed by atoms with van der Waals surface area (Å²) in [6.07, 6.45) is 3.76. The lowest BCUT2D eigenvalue weighted by Crippen LogP contribution is -2.20. The number of thiocarbonyl (C=S) groups is 1. The number of benzene rings is 1. The van der Waals surface area contributed by atoms with Crippen molar-refractivity contribution in [3.63, 3.8) is 0 Å². The van der Waals surface area contributed by atoms with Gasteiger partial charge in [-0.05, 0) is 65.6 Å². The lowest BCUT2D eigenvalue weighted by molar-refractivity contribution is -0.107. The third-order valence-electron chi connectivity index (χ3n) is 4.87. The van der Waals surface area contributed by atoms with E-state index in [2.05, 4.69) is 43.7 Å². The van der Waals surface area contributed by atoms with E-state index in [1.54, 1.807) is 0 Å². The predicted molar refractivity (Wildman–Crippen MR) is 120 cm³/mol. The molecule has 0 saturated carbocycles. The number of aryl methyl sites for hydroxylation is 3. The Labute approximate surface area is 173 Å². The van der Waals surface area contributed by atoms with Gasteiger partial charge in [-0.2, -0.15) is 0 Å². The van der Waals surface area contributed by atoms with Crippen molar-refractivity contribution in [1.82, 2.24) is 4.98 Å². The third kappa shape index (κ3) is 5.32. The van der Waals surface area contributed by atoms with Crippen LogP contribution in [0.5, 0.6) is 0 Å². The molecule has 0 aliphatic heterocycles. The zero-order chi connectivity index (χ0) is 21.1. The van der Waals surface area contributed by atoms with Gasteiger partial charge in [-0.1, -0.05) is 45.1 Å². The van der Waals surface area contributed by atoms with E-state index < -0.39 is 0 Å². The second-order valence-electron chi connectivity index (χ2n) is 8.28. The molecule has 0 radical (unpaired) electrons. The number of carbonyl (C=O) groups excluding carboxylic acids is 1. The van der Waals surface area contributed by atoms with Gasteiger partial charge in [-0.3, -0.25) is 4.98 Å². The highest BCUT2D eigenvalue weighted by molar-refractivity contribution is 7.80. The van der Waals surface area contributed by atoms with E-state index in [1.165, 1.54) is 5.56 Å². The summed E-state index contributed by atoms with van der Waals surface area (Å²) in [5, 5.41) is 0. The number of carbonyl (C=O) groups is 1. The molecule has 148 valence electrons. The summed E-state index contributed by atoms with van der Waals surface area (Å²) in [5.41, 5.74) is 13.5. The fourth-order valence-corrected chi connectivity index (χ4v) is 3.57. The quantitative estimate of drug-likeness (QED) is 0.354. The van der Waals surface area contributed by atoms with Crippen LogP contribution in [0.2, 0.25) is 0 Å². The van der Waals surface area contributed by atoms with Gasteiger partial charge in [-0.25, -0.2) is 4.99 Å². The molecule has 0 aliphatic carbocycles. The molecule has 0 fully saturated rings. The molecule has 5 heteroatoms. The molecular weight excluding hydrogens is 366 g/mol. The topological polar surface area (TPSA) is 68.3 Å². The van der Waals surface area contributed by atoms with Gasteiger partial charge >= 0.3 is 0 Å². The number of aromatic nitrogens is 1. The van der Waals surface area contributed by atoms with Crippen LogP contribution in [0.4, 0.5) is 0 Å². The van der Waals surface area contributed by atoms with Crippen LogP contribution in [0.15, 0.2) is 29.4 Å². The molecule has 2 rings (SSSR count). The maximum atomic E-state index is 10.8. The van der Waals surface area contributed by atoms with E-state index >= 15 is 0 Å². The van der Waals surface area contributed by atoms with Crippen LogP contribution in [0.25, 0.3) is 0 Å². The van der Waals surface area contributed by atoms with Crippen LogP contribution in [-0.4, -0.2) is 22.1 Å². The van der Waals surface area contributed by atoms with Crippen molar-refractivity contribution < 1.29 is 4.79 Å². The molecule has 2 aromatic rings. The van der Waals surface area contributed by atoms with E-state index in [0.29, 0.717) is 29.4 Å². The van der Waals surface area contributed by atoms with Gasteiger partial charge < -0.3 is 10.5 Å². The predicted octanol–water partition coefficient (Wildman–Crippen LogP) is 4.32. The molecule has 1 aromatic carbocycles. The lowest BCUT2D eigenvalue weighted by Gasteiger charge is -2.21. The molecule has 0 aliphatic rings. The summed E-state index contributed by atoms with van der Waals surface area (Å²) < 4.78 is 0. The number of nitrogens with zero attached hydrogens (tertiary/aromatic N) is 2. The lowest BCUT2D eigenvalue weighted by atomic mass is 9.85. The monoisotopic (exact) mass is 395 g/mol. The maximum Gasteiger partial charge on any atom is 0.150 e. The first-order valence-corrected chi connectivity index (χ1v) is 9.81. The van der Waals surface area contributed by atoms with Crippen LogP contribution in [0.1, 0.15) is 59.8 Å². The number of hydrogen-bond acceptors (Lipinski definition) is 3. The molecule has 1 heterocycles. The SMILES string of the molecule is Cc1cc(CC(=S)N=C(N)c2cc(C)c(C(C)(C)C)cn2)c(C)cc1CC=O. The third-order valence-corrected chi connectivity index (χ3v) is 5.10. The van der Waals surface area contributed by atoms with E-state index in [9.17, 15) is 4.79 Å². The van der Waals surface area contributed by atoms with Crippen molar-refractivity contribution in [2.24, 2.45) is 10.7 Å². The van der Waals surface area contributed by atoms with Crippen molar-refractivity contribution in [3.8, 4) is 0 Å². The Kier molecular flexibility index (Phi) is 6.83. The van der Waals surface area contributed by atoms with Crippen LogP contribution < -0.4 is 5.73 Å². The highest BCUT2D eigenvalue weighted by atomic mass is 32.1. The van der Waals surface area contributed by atoms with Crippen LogP contribution in [0, 0.1) is 20.8 Å². The van der Waals surface area contributed by atoms with Gasteiger partial charge in [-0.15, -0.1) is 0 Å². The summed E-state index contributed by atoms with van der Waals surface area (Å²) in [5.74, 6) is 0.334. The average Bonchev–Trinajstić information content (AvgIpc) is 2.58. The van der Waals surface area contributed by atoms with E-state index in [1.807, 2.05) is 32.2 Å². The second kappa shape index (κ2) is 8.74. The zero-order valence-electron chi connectivity index (χ0n) is 17.6. The summed E-state index contributed by atoms with van der Waals surface area (Å²) in [7, 11) is 0. The molecule has 2 N–H and O–H groups in total. The Hall–Kier alpha value is -2.40. The van der Waals surface area contributed by atoms with E-state index in [0.717, 1.165) is 34.1 Å². The zero-order valence-corrected chi connectivity index (χ0v) is 18.4. The van der Waals surface area contributed by atoms with Crippen LogP contribution in [0.3, 0.4) is 0 Å². The maximum absolute atomic E-state index is 10.8. The smallest absolute Gasteiger partial charge is 0.150 e. The fourth-order valence-electron chi connectivity index (χ4n) is 3.31. The number of aliphatic imine (C=N–C) groups is 1. The van der Waals surface area contributed by atoms with E-state index in [-0.39, 0.29) is 5.41 Å². The number of nitrogens with two attached hydrogens (primary N) is 1. The number of aldehydes is 1. The van der Waals surface area contributed by atoms with Gasteiger partial charge in [0.25, 0.3) is 0 Å². The minimum absolute atomic E-state index is 0.0300. The normalized spacial score (nSPS) is 12.1. The van der Waals surface area contributed by atoms with Crippen molar-refractivity contribution in [2.45, 2.75) is 59.8 Å². The number of rotatable bonds is 5. The van der Waals surface area contributed by atoms with Gasteiger partial charge in [0.2, 0.25) is 0 Å². The average molecular weight is 396 g/mol. The highest BCUT2D eigenvalue weighted by Gasteiger charge is 2.17. The molecule has 0 bridgehead atoms. The Morgan fingerprint density at radius 2 is 1.71 bits per heavy atom. The molecular formula is C23H29N3OS. The van der Waals surface area contributed by atoms with Gasteiger partial charge in [0.05, 0.1) is 0 Å². The van der Waals surface area contributed by atoms with E-state index in [4.69, 9.17) is 18.0 Å². The van der Waals surface area contributed by atoms with Crippen LogP contribution in [-0.2, 0) is 23.1 Å². The molecule has 0 atom stereocenters. The molecule has 0 unspecified atom stereocenters. The largest absolute Gasteiger partial charge is 0.382 e. The van der Waals surface area contributed by atoms with Crippen molar-refractivity contribution in [1.29, 1.82) is 0 Å². The number of amidine groups is 1. The second-order valence-corrected chi connectivity index (χ2v) is 8.75. The minimum atomic E-state index is 0.0300. The number of hydrogen-bond donors (Lipinski definition) is 1. The Bertz CT molecular complexity index is 940. The molecule has 28 heavy (non-hydrogen) atoms. The Morgan fingerprint density at radius 1 is 1.11 bits per heavy atom. The Morgan fingerprint density at radius 3 is 2.29 bits per heavy atom. The molecule has 0 saturated heterocycles. The summed E-state index contributed by atoms with van der Waals surface area (Å²) in [4.78, 5) is 20.2. The summed E-state index contributed by atoms with van der Waals surface area (Å²) in [6.45, 7) is 12.6. The van der Waals surface area contributed by atoms with Crippen molar-refractivity contribution in [2.75, 3.05) is 0 Å². The molecule has 0 spiro atoms. The standard InChI is InChI=1S/C23H29N3OS/c1-14-10-18(15(2)9-17(14)7-8-27)12-21(28)26-22(24)20-11-16(3)19(13-25-20)23(4,5)6/h8-11,13H,7,12H2,1-6H3,(H2,24,26,28). The minimum Gasteiger partial charge on any atom is -0.382 e. The number of pyridine rings is 1. The Balaban J connectivity index is 2.22. The van der Waals surface area contributed by atoms with Gasteiger partial charge in [0.15, 0.2) is 5.84 Å². The molecule has 4 nitrogen and oxygen atoms in total. The molecule has 0 amide bonds. The fraction of sp³-hybridized carbons (Fsp3) is 0.391. The van der Waals surface area contributed by atoms with Crippen LogP contribution >= 0.6 is 12.2 Å². The highest BCUT2D eigenvalue weighted by Crippen LogP contribution is 2.25. The van der Waals surface area contributed by atoms with Crippen molar-refractivity contribution in [3.05, 3.63) is 63.5 Å². The first kappa shape index (κ1) is 21.9. The summed E-state index contributed by atoms with van der Waals surface area (Å²) in [6, 6.07) is 6.09. The first-order chi connectivity index (χ1) is 13.0.